The molecule has 0 aromatic heterocycles. The van der Waals surface area contributed by atoms with E-state index in [9.17, 15) is 0 Å². The van der Waals surface area contributed by atoms with Gasteiger partial charge in [0.15, 0.2) is 0 Å². The molecule has 0 N–H and O–H groups in total. The minimum Gasteiger partial charge on any atom is -0.690 e. The summed E-state index contributed by atoms with van der Waals surface area (Å²) in [7, 11) is 0. The van der Waals surface area contributed by atoms with Gasteiger partial charge in [-0.15, -0.1) is 0 Å². The second kappa shape index (κ2) is 22.6. The van der Waals surface area contributed by atoms with Crippen molar-refractivity contribution >= 4 is 0 Å². The zero-order valence-corrected chi connectivity index (χ0v) is 8.16. The van der Waals surface area contributed by atoms with Crippen LogP contribution < -0.4 is 99.6 Å². The Kier molecular flexibility index (Phi) is 63.4. The zero-order chi connectivity index (χ0) is 4.12. The van der Waals surface area contributed by atoms with Gasteiger partial charge in [-0.1, -0.05) is 5.04 Å². The molecule has 0 bridgehead atoms. The first-order valence-corrected chi connectivity index (χ1v) is 0.667. The Balaban J connectivity index is -0.0000000267. The normalized spacial score (nSPS) is 5.25. The standard InChI is InChI=1S/K.2Li.H2O5/c;;;1-3-5-4-2/h;;;1-2H/q3*+1;/p-2. The predicted molar refractivity (Wildman–Crippen MR) is 3.25 cm³/mol. The third-order valence-electron chi connectivity index (χ3n) is 0.0556. The Labute approximate surface area is 113 Å². The molecule has 0 saturated heterocycles. The van der Waals surface area contributed by atoms with E-state index in [1.54, 1.807) is 0 Å². The van der Waals surface area contributed by atoms with Gasteiger partial charge in [-0.3, -0.25) is 10.1 Å². The zero-order valence-electron chi connectivity index (χ0n) is 5.04. The van der Waals surface area contributed by atoms with Crippen molar-refractivity contribution in [2.75, 3.05) is 0 Å². The molecule has 0 saturated carbocycles. The Morgan fingerprint density at radius 1 is 0.875 bits per heavy atom. The summed E-state index contributed by atoms with van der Waals surface area (Å²) in [4.78, 5) is 0. The van der Waals surface area contributed by atoms with Crippen LogP contribution in [0, 0.1) is 0 Å². The Bertz CT molecular complexity index is 17.9. The van der Waals surface area contributed by atoms with Crippen molar-refractivity contribution < 1.29 is 115 Å². The van der Waals surface area contributed by atoms with E-state index in [1.165, 1.54) is 0 Å². The molecule has 0 unspecified atom stereocenters. The summed E-state index contributed by atoms with van der Waals surface area (Å²) < 4.78 is 0. The summed E-state index contributed by atoms with van der Waals surface area (Å²) in [6.45, 7) is 0. The molecule has 8 heteroatoms. The minimum absolute atomic E-state index is 0. The smallest absolute Gasteiger partial charge is 0.690 e. The van der Waals surface area contributed by atoms with E-state index in [-0.39, 0.29) is 89.1 Å². The van der Waals surface area contributed by atoms with Crippen LogP contribution in [-0.4, -0.2) is 0 Å². The molecule has 0 fully saturated rings. The van der Waals surface area contributed by atoms with Gasteiger partial charge >= 0.3 is 89.1 Å². The van der Waals surface area contributed by atoms with Crippen LogP contribution in [0.25, 0.3) is 0 Å². The second-order valence-electron chi connectivity index (χ2n) is 0.204. The maximum absolute atomic E-state index is 8.48. The van der Waals surface area contributed by atoms with Gasteiger partial charge in [0.2, 0.25) is 0 Å². The van der Waals surface area contributed by atoms with E-state index < -0.39 is 0 Å². The van der Waals surface area contributed by atoms with Crippen LogP contribution >= 0.6 is 0 Å². The molecule has 0 aliphatic carbocycles. The first-order chi connectivity index (χ1) is 2.41. The molecule has 0 rings (SSSR count). The molecule has 0 aliphatic rings. The molecule has 32 valence electrons. The van der Waals surface area contributed by atoms with E-state index in [0.717, 1.165) is 0 Å². The first-order valence-electron chi connectivity index (χ1n) is 0.667. The van der Waals surface area contributed by atoms with Gasteiger partial charge in [0.05, 0.1) is 0 Å². The molecule has 0 atom stereocenters. The van der Waals surface area contributed by atoms with Crippen LogP contribution in [0.3, 0.4) is 0 Å². The van der Waals surface area contributed by atoms with Gasteiger partial charge in [-0.05, 0) is 0 Å². The van der Waals surface area contributed by atoms with E-state index in [0.29, 0.717) is 0 Å². The molecular weight excluding hydrogens is 133 g/mol. The minimum atomic E-state index is 0. The van der Waals surface area contributed by atoms with Gasteiger partial charge in [0, 0.05) is 0 Å². The van der Waals surface area contributed by atoms with Crippen molar-refractivity contribution in [2.24, 2.45) is 0 Å². The predicted octanol–water partition coefficient (Wildman–Crippen LogP) is -11.6. The third kappa shape index (κ3) is 23.4. The van der Waals surface area contributed by atoms with Crippen LogP contribution in [0.5, 0.6) is 0 Å². The molecule has 5 nitrogen and oxygen atoms in total. The maximum atomic E-state index is 8.48. The van der Waals surface area contributed by atoms with Gasteiger partial charge in [0.1, 0.15) is 0 Å². The molecule has 0 amide bonds. The molecule has 0 aromatic carbocycles. The largest absolute Gasteiger partial charge is 1.00 e. The van der Waals surface area contributed by atoms with Crippen molar-refractivity contribution in [2.45, 2.75) is 0 Å². The molecule has 0 heterocycles. The number of rotatable bonds is 2. The SMILES string of the molecule is [K+].[Li+].[Li+].[O-]OOO[O-]. The second-order valence-corrected chi connectivity index (χ2v) is 0.204. The molecule has 0 radical (unpaired) electrons. The van der Waals surface area contributed by atoms with Crippen molar-refractivity contribution in [3.05, 3.63) is 0 Å². The van der Waals surface area contributed by atoms with Crippen LogP contribution in [0.15, 0.2) is 0 Å². The fraction of sp³-hybridized carbons (Fsp3) is 0. The molecule has 0 aromatic rings. The average Bonchev–Trinajstić information content (AvgIpc) is 1.41. The molecular formula is KLi2O5+. The fourth-order valence-electron chi connectivity index (χ4n) is 0.0113. The summed E-state index contributed by atoms with van der Waals surface area (Å²) in [5.41, 5.74) is 0. The monoisotopic (exact) mass is 133 g/mol. The van der Waals surface area contributed by atoms with E-state index in [1.807, 2.05) is 0 Å². The summed E-state index contributed by atoms with van der Waals surface area (Å²) >= 11 is 0. The van der Waals surface area contributed by atoms with E-state index in [4.69, 9.17) is 10.5 Å². The summed E-state index contributed by atoms with van der Waals surface area (Å²) in [6, 6.07) is 0. The van der Waals surface area contributed by atoms with Crippen LogP contribution in [0.1, 0.15) is 0 Å². The van der Waals surface area contributed by atoms with E-state index >= 15 is 0 Å². The van der Waals surface area contributed by atoms with Gasteiger partial charge in [-0.2, -0.15) is 0 Å². The van der Waals surface area contributed by atoms with Crippen LogP contribution in [0.2, 0.25) is 0 Å². The van der Waals surface area contributed by atoms with Crippen molar-refractivity contribution in [3.8, 4) is 0 Å². The molecule has 0 aliphatic heterocycles. The topological polar surface area (TPSA) is 73.8 Å². The fourth-order valence-corrected chi connectivity index (χ4v) is 0.0113. The Morgan fingerprint density at radius 3 is 1.12 bits per heavy atom. The van der Waals surface area contributed by atoms with E-state index in [2.05, 4.69) is 15.1 Å². The average molecular weight is 133 g/mol. The summed E-state index contributed by atoms with van der Waals surface area (Å²) in [5, 5.41) is 24.5. The Hall–Kier alpha value is 2.63. The summed E-state index contributed by atoms with van der Waals surface area (Å²) in [6.07, 6.45) is 0. The molecule has 8 heavy (non-hydrogen) atoms. The third-order valence-corrected chi connectivity index (χ3v) is 0.0556. The first kappa shape index (κ1) is 22.4. The quantitative estimate of drug-likeness (QED) is 0.212. The Morgan fingerprint density at radius 2 is 1.12 bits per heavy atom. The van der Waals surface area contributed by atoms with Crippen LogP contribution in [0.4, 0.5) is 0 Å². The summed E-state index contributed by atoms with van der Waals surface area (Å²) in [5.74, 6) is 0. The maximum Gasteiger partial charge on any atom is 1.00 e. The number of hydrogen-bond donors (Lipinski definition) is 0. The van der Waals surface area contributed by atoms with Crippen LogP contribution in [-0.2, 0) is 15.1 Å². The van der Waals surface area contributed by atoms with Gasteiger partial charge in [-0.25, -0.2) is 0 Å². The van der Waals surface area contributed by atoms with Crippen molar-refractivity contribution in [3.63, 3.8) is 0 Å². The molecule has 0 spiro atoms. The van der Waals surface area contributed by atoms with Crippen molar-refractivity contribution in [1.82, 2.24) is 0 Å². The van der Waals surface area contributed by atoms with Gasteiger partial charge < -0.3 is 10.5 Å². The van der Waals surface area contributed by atoms with Crippen molar-refractivity contribution in [1.29, 1.82) is 0 Å². The van der Waals surface area contributed by atoms with Gasteiger partial charge in [0.25, 0.3) is 0 Å². The number of hydrogen-bond acceptors (Lipinski definition) is 5.